The third-order valence-corrected chi connectivity index (χ3v) is 5.54. The SMILES string of the molecule is Cc1cccc(COc2nc(C)n(-c3cccc(-c4ccnc(C(C)C)n4)c3)c(=O)c2Cl)c1. The van der Waals surface area contributed by atoms with Gasteiger partial charge in [0.25, 0.3) is 5.56 Å². The van der Waals surface area contributed by atoms with Crippen LogP contribution in [0.5, 0.6) is 5.88 Å². The Kier molecular flexibility index (Phi) is 6.56. The van der Waals surface area contributed by atoms with Crippen LogP contribution in [0.3, 0.4) is 0 Å². The Morgan fingerprint density at radius 1 is 1.03 bits per heavy atom. The summed E-state index contributed by atoms with van der Waals surface area (Å²) < 4.78 is 7.27. The maximum Gasteiger partial charge on any atom is 0.280 e. The smallest absolute Gasteiger partial charge is 0.280 e. The van der Waals surface area contributed by atoms with Crippen molar-refractivity contribution >= 4 is 11.6 Å². The molecule has 2 heterocycles. The van der Waals surface area contributed by atoms with Gasteiger partial charge in [0.1, 0.15) is 18.3 Å². The Labute approximate surface area is 197 Å². The van der Waals surface area contributed by atoms with Crippen molar-refractivity contribution in [1.82, 2.24) is 19.5 Å². The second kappa shape index (κ2) is 9.55. The number of aromatic nitrogens is 4. The average Bonchev–Trinajstić information content (AvgIpc) is 2.81. The van der Waals surface area contributed by atoms with Gasteiger partial charge in [0, 0.05) is 17.7 Å². The zero-order chi connectivity index (χ0) is 23.5. The first-order valence-corrected chi connectivity index (χ1v) is 11.1. The normalized spacial score (nSPS) is 11.1. The van der Waals surface area contributed by atoms with Crippen LogP contribution < -0.4 is 10.3 Å². The lowest BCUT2D eigenvalue weighted by atomic mass is 10.1. The summed E-state index contributed by atoms with van der Waals surface area (Å²) in [6.07, 6.45) is 1.75. The summed E-state index contributed by atoms with van der Waals surface area (Å²) >= 11 is 6.39. The van der Waals surface area contributed by atoms with Crippen LogP contribution >= 0.6 is 11.6 Å². The summed E-state index contributed by atoms with van der Waals surface area (Å²) in [6.45, 7) is 8.15. The predicted octanol–water partition coefficient (Wildman–Crippen LogP) is 5.66. The van der Waals surface area contributed by atoms with Crippen molar-refractivity contribution in [2.24, 2.45) is 0 Å². The first kappa shape index (κ1) is 22.7. The minimum Gasteiger partial charge on any atom is -0.472 e. The third-order valence-electron chi connectivity index (χ3n) is 5.21. The topological polar surface area (TPSA) is 69.9 Å². The molecule has 4 rings (SSSR count). The van der Waals surface area contributed by atoms with Crippen LogP contribution in [0.4, 0.5) is 0 Å². The largest absolute Gasteiger partial charge is 0.472 e. The molecule has 4 aromatic rings. The monoisotopic (exact) mass is 460 g/mol. The zero-order valence-electron chi connectivity index (χ0n) is 19.0. The van der Waals surface area contributed by atoms with E-state index in [4.69, 9.17) is 16.3 Å². The fourth-order valence-electron chi connectivity index (χ4n) is 3.55. The van der Waals surface area contributed by atoms with Crippen LogP contribution in [0.15, 0.2) is 65.6 Å². The number of benzene rings is 2. The highest BCUT2D eigenvalue weighted by Crippen LogP contribution is 2.24. The van der Waals surface area contributed by atoms with Crippen molar-refractivity contribution in [3.8, 4) is 22.8 Å². The standard InChI is InChI=1S/C26H25ClN4O2/c1-16(2)24-28-12-11-22(30-24)20-9-6-10-21(14-20)31-18(4)29-25(23(27)26(31)32)33-15-19-8-5-7-17(3)13-19/h5-14,16H,15H2,1-4H3. The van der Waals surface area contributed by atoms with Crippen molar-refractivity contribution < 1.29 is 4.74 Å². The summed E-state index contributed by atoms with van der Waals surface area (Å²) in [4.78, 5) is 26.6. The number of hydrogen-bond donors (Lipinski definition) is 0. The van der Waals surface area contributed by atoms with Gasteiger partial charge < -0.3 is 4.74 Å². The van der Waals surface area contributed by atoms with E-state index in [0.717, 1.165) is 28.2 Å². The molecule has 0 amide bonds. The van der Waals surface area contributed by atoms with Crippen LogP contribution in [0.1, 0.15) is 42.5 Å². The van der Waals surface area contributed by atoms with Crippen LogP contribution in [0.25, 0.3) is 16.9 Å². The molecule has 168 valence electrons. The maximum atomic E-state index is 13.2. The van der Waals surface area contributed by atoms with Crippen LogP contribution in [0, 0.1) is 13.8 Å². The Hall–Kier alpha value is -3.51. The Morgan fingerprint density at radius 3 is 2.58 bits per heavy atom. The van der Waals surface area contributed by atoms with E-state index in [-0.39, 0.29) is 29.0 Å². The van der Waals surface area contributed by atoms with Crippen molar-refractivity contribution in [3.63, 3.8) is 0 Å². The van der Waals surface area contributed by atoms with Gasteiger partial charge in [-0.25, -0.2) is 9.97 Å². The molecule has 0 N–H and O–H groups in total. The van der Waals surface area contributed by atoms with E-state index < -0.39 is 0 Å². The molecule has 0 saturated heterocycles. The number of rotatable bonds is 6. The summed E-state index contributed by atoms with van der Waals surface area (Å²) in [5.41, 5.74) is 4.04. The second-order valence-electron chi connectivity index (χ2n) is 8.20. The van der Waals surface area contributed by atoms with Crippen molar-refractivity contribution in [2.45, 2.75) is 40.2 Å². The molecule has 0 fully saturated rings. The lowest BCUT2D eigenvalue weighted by Crippen LogP contribution is -2.23. The molecule has 0 atom stereocenters. The second-order valence-corrected chi connectivity index (χ2v) is 8.58. The minimum atomic E-state index is -0.383. The Morgan fingerprint density at radius 2 is 1.82 bits per heavy atom. The van der Waals surface area contributed by atoms with Gasteiger partial charge in [-0.2, -0.15) is 4.98 Å². The van der Waals surface area contributed by atoms with E-state index in [1.54, 1.807) is 13.1 Å². The van der Waals surface area contributed by atoms with E-state index in [1.165, 1.54) is 4.57 Å². The number of ether oxygens (including phenoxy) is 1. The molecule has 0 aliphatic carbocycles. The van der Waals surface area contributed by atoms with Gasteiger partial charge in [0.15, 0.2) is 5.02 Å². The molecule has 0 aliphatic rings. The van der Waals surface area contributed by atoms with Crippen LogP contribution in [-0.4, -0.2) is 19.5 Å². The molecule has 0 radical (unpaired) electrons. The van der Waals surface area contributed by atoms with E-state index in [2.05, 4.69) is 28.8 Å². The molecule has 33 heavy (non-hydrogen) atoms. The predicted molar refractivity (Wildman–Crippen MR) is 130 cm³/mol. The number of hydrogen-bond acceptors (Lipinski definition) is 5. The lowest BCUT2D eigenvalue weighted by Gasteiger charge is -2.14. The number of nitrogens with zero attached hydrogens (tertiary/aromatic N) is 4. The molecule has 2 aromatic carbocycles. The van der Waals surface area contributed by atoms with Gasteiger partial charge in [0.05, 0.1) is 11.4 Å². The molecule has 0 bridgehead atoms. The molecule has 0 aliphatic heterocycles. The highest BCUT2D eigenvalue weighted by molar-refractivity contribution is 6.31. The van der Waals surface area contributed by atoms with E-state index in [0.29, 0.717) is 11.5 Å². The summed E-state index contributed by atoms with van der Waals surface area (Å²) in [5, 5.41) is -0.0530. The Bertz CT molecular complexity index is 1360. The number of aryl methyl sites for hydroxylation is 2. The zero-order valence-corrected chi connectivity index (χ0v) is 19.8. The van der Waals surface area contributed by atoms with Gasteiger partial charge in [-0.05, 0) is 37.6 Å². The fraction of sp³-hybridized carbons (Fsp3) is 0.231. The van der Waals surface area contributed by atoms with Gasteiger partial charge in [0.2, 0.25) is 5.88 Å². The van der Waals surface area contributed by atoms with E-state index in [1.807, 2.05) is 61.5 Å². The van der Waals surface area contributed by atoms with Crippen molar-refractivity contribution in [3.05, 3.63) is 98.9 Å². The molecular formula is C26H25ClN4O2. The molecule has 0 unspecified atom stereocenters. The fourth-order valence-corrected chi connectivity index (χ4v) is 3.73. The van der Waals surface area contributed by atoms with Crippen molar-refractivity contribution in [1.29, 1.82) is 0 Å². The van der Waals surface area contributed by atoms with Gasteiger partial charge in [-0.3, -0.25) is 9.36 Å². The highest BCUT2D eigenvalue weighted by Gasteiger charge is 2.16. The van der Waals surface area contributed by atoms with Crippen molar-refractivity contribution in [2.75, 3.05) is 0 Å². The maximum absolute atomic E-state index is 13.2. The molecule has 0 saturated carbocycles. The molecule has 2 aromatic heterocycles. The minimum absolute atomic E-state index is 0.0530. The first-order valence-electron chi connectivity index (χ1n) is 10.7. The highest BCUT2D eigenvalue weighted by atomic mass is 35.5. The van der Waals surface area contributed by atoms with Gasteiger partial charge in [-0.1, -0.05) is 67.4 Å². The van der Waals surface area contributed by atoms with Gasteiger partial charge >= 0.3 is 0 Å². The molecule has 6 nitrogen and oxygen atoms in total. The van der Waals surface area contributed by atoms with E-state index in [9.17, 15) is 4.79 Å². The summed E-state index contributed by atoms with van der Waals surface area (Å²) in [6, 6.07) is 17.4. The lowest BCUT2D eigenvalue weighted by molar-refractivity contribution is 0.291. The van der Waals surface area contributed by atoms with E-state index >= 15 is 0 Å². The third kappa shape index (κ3) is 4.96. The molecule has 0 spiro atoms. The van der Waals surface area contributed by atoms with Crippen LogP contribution in [-0.2, 0) is 6.61 Å². The van der Waals surface area contributed by atoms with Gasteiger partial charge in [-0.15, -0.1) is 0 Å². The quantitative estimate of drug-likeness (QED) is 0.371. The van der Waals surface area contributed by atoms with Crippen LogP contribution in [0.2, 0.25) is 5.02 Å². The summed E-state index contributed by atoms with van der Waals surface area (Å²) in [7, 11) is 0. The Balaban J connectivity index is 1.67. The average molecular weight is 461 g/mol. The number of halogens is 1. The molecular weight excluding hydrogens is 436 g/mol. The summed E-state index contributed by atoms with van der Waals surface area (Å²) in [5.74, 6) is 1.59. The first-order chi connectivity index (χ1) is 15.8. The molecule has 7 heteroatoms.